The zero-order chi connectivity index (χ0) is 22.2. The first-order valence-corrected chi connectivity index (χ1v) is 8.95. The summed E-state index contributed by atoms with van der Waals surface area (Å²) in [5.41, 5.74) is -3.48. The minimum atomic E-state index is -4.82. The van der Waals surface area contributed by atoms with Crippen LogP contribution in [-0.2, 0) is 12.7 Å². The first-order chi connectivity index (χ1) is 14.1. The summed E-state index contributed by atoms with van der Waals surface area (Å²) >= 11 is 6.28. The number of halogens is 5. The molecule has 158 valence electrons. The number of rotatable bonds is 4. The molecule has 0 spiro atoms. The van der Waals surface area contributed by atoms with E-state index < -0.39 is 40.9 Å². The maximum absolute atomic E-state index is 14.3. The Morgan fingerprint density at radius 1 is 1.13 bits per heavy atom. The third-order valence-corrected chi connectivity index (χ3v) is 5.04. The van der Waals surface area contributed by atoms with Crippen LogP contribution in [0.3, 0.4) is 0 Å². The topological polar surface area (TPSA) is 64.1 Å². The number of hydrogen-bond donors (Lipinski definition) is 1. The number of nitrogens with zero attached hydrogens (tertiary/aromatic N) is 1. The van der Waals surface area contributed by atoms with Gasteiger partial charge in [-0.25, -0.2) is 9.18 Å². The summed E-state index contributed by atoms with van der Waals surface area (Å²) in [5, 5.41) is 0.0840. The van der Waals surface area contributed by atoms with Crippen LogP contribution in [0.2, 0.25) is 5.02 Å². The summed E-state index contributed by atoms with van der Waals surface area (Å²) in [6.07, 6.45) is -4.82. The normalized spacial score (nSPS) is 11.6. The van der Waals surface area contributed by atoms with Crippen LogP contribution in [-0.4, -0.2) is 16.7 Å². The molecule has 0 aliphatic heterocycles. The van der Waals surface area contributed by atoms with E-state index in [0.717, 1.165) is 22.8 Å². The quantitative estimate of drug-likeness (QED) is 0.610. The second kappa shape index (κ2) is 7.98. The van der Waals surface area contributed by atoms with Gasteiger partial charge in [0.1, 0.15) is 11.6 Å². The molecule has 30 heavy (non-hydrogen) atoms. The molecule has 3 aromatic rings. The summed E-state index contributed by atoms with van der Waals surface area (Å²) < 4.78 is 60.3. The first kappa shape index (κ1) is 21.6. The van der Waals surface area contributed by atoms with Crippen molar-refractivity contribution in [2.45, 2.75) is 19.6 Å². The Kier molecular flexibility index (Phi) is 5.76. The van der Waals surface area contributed by atoms with Crippen LogP contribution in [0.1, 0.15) is 16.8 Å². The largest absolute Gasteiger partial charge is 0.495 e. The van der Waals surface area contributed by atoms with E-state index in [1.807, 2.05) is 0 Å². The fourth-order valence-corrected chi connectivity index (χ4v) is 3.49. The Bertz CT molecular complexity index is 1230. The van der Waals surface area contributed by atoms with E-state index in [1.165, 1.54) is 20.1 Å². The van der Waals surface area contributed by atoms with E-state index in [1.54, 1.807) is 12.1 Å². The molecular formula is C20H15ClF4N2O3. The van der Waals surface area contributed by atoms with Crippen molar-refractivity contribution in [2.24, 2.45) is 0 Å². The van der Waals surface area contributed by atoms with Crippen LogP contribution in [0.25, 0.3) is 11.1 Å². The summed E-state index contributed by atoms with van der Waals surface area (Å²) in [4.78, 5) is 26.9. The van der Waals surface area contributed by atoms with E-state index in [-0.39, 0.29) is 27.6 Å². The maximum Gasteiger partial charge on any atom is 0.416 e. The predicted octanol–water partition coefficient (Wildman–Crippen LogP) is 4.38. The standard InChI is InChI=1S/C20H15ClF4N2O3/c1-10-16(11-5-3-8-15(30-2)17(11)21)18(28)26-19(29)27(10)9-12-13(20(23,24)25)6-4-7-14(12)22/h3-8H,9H2,1-2H3,(H,26,28,29). The van der Waals surface area contributed by atoms with Gasteiger partial charge in [-0.3, -0.25) is 14.3 Å². The van der Waals surface area contributed by atoms with Crippen molar-refractivity contribution in [1.82, 2.24) is 9.55 Å². The highest BCUT2D eigenvalue weighted by Gasteiger charge is 2.34. The summed E-state index contributed by atoms with van der Waals surface area (Å²) in [7, 11) is 1.37. The van der Waals surface area contributed by atoms with Gasteiger partial charge in [0.25, 0.3) is 5.56 Å². The minimum absolute atomic E-state index is 0.0234. The van der Waals surface area contributed by atoms with Gasteiger partial charge in [-0.05, 0) is 25.1 Å². The molecule has 0 bridgehead atoms. The number of hydrogen-bond acceptors (Lipinski definition) is 3. The SMILES string of the molecule is COc1cccc(-c2c(C)n(Cc3c(F)cccc3C(F)(F)F)c(=O)[nH]c2=O)c1Cl. The molecule has 1 aromatic heterocycles. The molecule has 0 amide bonds. The van der Waals surface area contributed by atoms with Crippen molar-refractivity contribution >= 4 is 11.6 Å². The van der Waals surface area contributed by atoms with E-state index >= 15 is 0 Å². The van der Waals surface area contributed by atoms with Crippen molar-refractivity contribution in [3.63, 3.8) is 0 Å². The van der Waals surface area contributed by atoms with Crippen molar-refractivity contribution in [3.8, 4) is 16.9 Å². The lowest BCUT2D eigenvalue weighted by molar-refractivity contribution is -0.138. The average molecular weight is 443 g/mol. The van der Waals surface area contributed by atoms with Crippen LogP contribution < -0.4 is 16.0 Å². The zero-order valence-electron chi connectivity index (χ0n) is 15.7. The van der Waals surface area contributed by atoms with E-state index in [2.05, 4.69) is 4.98 Å². The average Bonchev–Trinajstić information content (AvgIpc) is 2.66. The molecule has 2 aromatic carbocycles. The third-order valence-electron chi connectivity index (χ3n) is 4.65. The molecule has 1 N–H and O–H groups in total. The number of alkyl halides is 3. The van der Waals surface area contributed by atoms with Gasteiger partial charge in [-0.2, -0.15) is 13.2 Å². The molecule has 5 nitrogen and oxygen atoms in total. The number of aromatic nitrogens is 2. The second-order valence-electron chi connectivity index (χ2n) is 6.39. The number of nitrogens with one attached hydrogen (secondary N) is 1. The lowest BCUT2D eigenvalue weighted by Gasteiger charge is -2.18. The van der Waals surface area contributed by atoms with Gasteiger partial charge >= 0.3 is 11.9 Å². The van der Waals surface area contributed by atoms with Crippen molar-refractivity contribution in [2.75, 3.05) is 7.11 Å². The molecule has 1 heterocycles. The Hall–Kier alpha value is -3.07. The second-order valence-corrected chi connectivity index (χ2v) is 6.77. The molecule has 0 fully saturated rings. The van der Waals surface area contributed by atoms with E-state index in [0.29, 0.717) is 0 Å². The smallest absolute Gasteiger partial charge is 0.416 e. The van der Waals surface area contributed by atoms with Crippen LogP contribution in [0.4, 0.5) is 17.6 Å². The van der Waals surface area contributed by atoms with Gasteiger partial charge in [-0.15, -0.1) is 0 Å². The van der Waals surface area contributed by atoms with Gasteiger partial charge in [0, 0.05) is 16.8 Å². The van der Waals surface area contributed by atoms with E-state index in [4.69, 9.17) is 16.3 Å². The highest BCUT2D eigenvalue weighted by atomic mass is 35.5. The minimum Gasteiger partial charge on any atom is -0.495 e. The summed E-state index contributed by atoms with van der Waals surface area (Å²) in [6.45, 7) is 0.632. The highest BCUT2D eigenvalue weighted by molar-refractivity contribution is 6.34. The highest BCUT2D eigenvalue weighted by Crippen LogP contribution is 2.36. The maximum atomic E-state index is 14.3. The Balaban J connectivity index is 2.25. The number of methoxy groups -OCH3 is 1. The van der Waals surface area contributed by atoms with Crippen molar-refractivity contribution < 1.29 is 22.3 Å². The summed E-state index contributed by atoms with van der Waals surface area (Å²) in [5.74, 6) is -0.859. The first-order valence-electron chi connectivity index (χ1n) is 8.57. The molecule has 0 unspecified atom stereocenters. The Morgan fingerprint density at radius 2 is 1.80 bits per heavy atom. The van der Waals surface area contributed by atoms with Crippen molar-refractivity contribution in [1.29, 1.82) is 0 Å². The molecule has 10 heteroatoms. The molecule has 0 aliphatic rings. The van der Waals surface area contributed by atoms with Crippen LogP contribution in [0.5, 0.6) is 5.75 Å². The van der Waals surface area contributed by atoms with Crippen LogP contribution in [0.15, 0.2) is 46.0 Å². The number of aromatic amines is 1. The number of ether oxygens (including phenoxy) is 1. The predicted molar refractivity (Wildman–Crippen MR) is 104 cm³/mol. The van der Waals surface area contributed by atoms with Gasteiger partial charge in [0.05, 0.1) is 29.8 Å². The fraction of sp³-hybridized carbons (Fsp3) is 0.200. The molecule has 0 radical (unpaired) electrons. The summed E-state index contributed by atoms with van der Waals surface area (Å²) in [6, 6.07) is 7.15. The van der Waals surface area contributed by atoms with Gasteiger partial charge < -0.3 is 4.74 Å². The number of H-pyrrole nitrogens is 1. The van der Waals surface area contributed by atoms with Crippen LogP contribution >= 0.6 is 11.6 Å². The Labute approximate surface area is 172 Å². The van der Waals surface area contributed by atoms with Gasteiger partial charge in [0.15, 0.2) is 0 Å². The van der Waals surface area contributed by atoms with Crippen molar-refractivity contribution in [3.05, 3.63) is 84.9 Å². The zero-order valence-corrected chi connectivity index (χ0v) is 16.5. The third kappa shape index (κ3) is 3.85. The molecule has 0 atom stereocenters. The molecular weight excluding hydrogens is 428 g/mol. The number of benzene rings is 2. The van der Waals surface area contributed by atoms with Gasteiger partial charge in [0.2, 0.25) is 0 Å². The fourth-order valence-electron chi connectivity index (χ4n) is 3.19. The lowest BCUT2D eigenvalue weighted by Crippen LogP contribution is -2.34. The van der Waals surface area contributed by atoms with E-state index in [9.17, 15) is 27.2 Å². The van der Waals surface area contributed by atoms with Crippen LogP contribution in [0, 0.1) is 12.7 Å². The Morgan fingerprint density at radius 3 is 2.43 bits per heavy atom. The molecule has 3 rings (SSSR count). The lowest BCUT2D eigenvalue weighted by atomic mass is 10.0. The molecule has 0 aliphatic carbocycles. The monoisotopic (exact) mass is 442 g/mol. The molecule has 0 saturated carbocycles. The molecule has 0 saturated heterocycles. The van der Waals surface area contributed by atoms with Gasteiger partial charge in [-0.1, -0.05) is 29.8 Å².